The molecule has 0 spiro atoms. The zero-order valence-electron chi connectivity index (χ0n) is 26.4. The van der Waals surface area contributed by atoms with Crippen molar-refractivity contribution in [3.8, 4) is 16.9 Å². The number of amidine groups is 1. The standard InChI is InChI=1S/C36H38N6O3S2/c1-27-10-9-17-41(24-27)47(44,45)32-16-8-13-29(22-32)34-30(26-42(38-34)31-14-6-3-7-15-31)23-33-35(43)37-36(46-33)40-20-18-39(19-21-40)25-28-11-4-2-5-12-28/h2-8,11-16,22-23,26-27H,9-10,17-21,24-25H2,1H3/b33-23-. The highest BCUT2D eigenvalue weighted by atomic mass is 32.2. The molecule has 11 heteroatoms. The molecule has 9 nitrogen and oxygen atoms in total. The number of para-hydroxylation sites is 1. The largest absolute Gasteiger partial charge is 0.348 e. The lowest BCUT2D eigenvalue weighted by atomic mass is 10.0. The van der Waals surface area contributed by atoms with Crippen LogP contribution in [-0.4, -0.2) is 82.6 Å². The van der Waals surface area contributed by atoms with Crippen LogP contribution in [0.15, 0.2) is 106 Å². The first-order chi connectivity index (χ1) is 22.8. The average molecular weight is 667 g/mol. The molecule has 0 aliphatic carbocycles. The van der Waals surface area contributed by atoms with Crippen molar-refractivity contribution in [3.05, 3.63) is 107 Å². The number of amides is 1. The van der Waals surface area contributed by atoms with Gasteiger partial charge in [-0.25, -0.2) is 13.1 Å². The summed E-state index contributed by atoms with van der Waals surface area (Å²) in [6.07, 6.45) is 5.62. The van der Waals surface area contributed by atoms with Gasteiger partial charge in [0.2, 0.25) is 10.0 Å². The van der Waals surface area contributed by atoms with Crippen molar-refractivity contribution < 1.29 is 13.2 Å². The summed E-state index contributed by atoms with van der Waals surface area (Å²) in [5.74, 6) is 0.0545. The molecule has 0 radical (unpaired) electrons. The van der Waals surface area contributed by atoms with Gasteiger partial charge in [0.1, 0.15) is 5.69 Å². The van der Waals surface area contributed by atoms with Gasteiger partial charge in [-0.1, -0.05) is 67.6 Å². The minimum atomic E-state index is -3.66. The number of aromatic nitrogens is 2. The minimum absolute atomic E-state index is 0.250. The maximum Gasteiger partial charge on any atom is 0.286 e. The van der Waals surface area contributed by atoms with Gasteiger partial charge in [0.15, 0.2) is 5.17 Å². The third-order valence-corrected chi connectivity index (χ3v) is 11.8. The Morgan fingerprint density at radius 1 is 0.915 bits per heavy atom. The Labute approximate surface area is 280 Å². The number of nitrogens with zero attached hydrogens (tertiary/aromatic N) is 6. The lowest BCUT2D eigenvalue weighted by Crippen LogP contribution is -2.47. The fraction of sp³-hybridized carbons (Fsp3) is 0.306. The molecule has 0 bridgehead atoms. The van der Waals surface area contributed by atoms with Crippen molar-refractivity contribution in [1.82, 2.24) is 23.9 Å². The number of benzene rings is 3. The molecule has 47 heavy (non-hydrogen) atoms. The van der Waals surface area contributed by atoms with E-state index in [-0.39, 0.29) is 10.8 Å². The van der Waals surface area contributed by atoms with Gasteiger partial charge in [0.05, 0.1) is 15.5 Å². The molecule has 2 saturated heterocycles. The highest BCUT2D eigenvalue weighted by Gasteiger charge is 2.31. The molecule has 3 aliphatic rings. The third-order valence-electron chi connectivity index (χ3n) is 8.92. The molecule has 2 fully saturated rings. The Balaban J connectivity index is 1.14. The zero-order chi connectivity index (χ0) is 32.4. The Morgan fingerprint density at radius 3 is 2.40 bits per heavy atom. The lowest BCUT2D eigenvalue weighted by Gasteiger charge is -2.35. The molecule has 4 heterocycles. The van der Waals surface area contributed by atoms with Crippen molar-refractivity contribution in [1.29, 1.82) is 0 Å². The quantitative estimate of drug-likeness (QED) is 0.232. The maximum atomic E-state index is 13.7. The highest BCUT2D eigenvalue weighted by molar-refractivity contribution is 8.18. The van der Waals surface area contributed by atoms with Crippen LogP contribution in [0.1, 0.15) is 30.9 Å². The molecule has 1 amide bonds. The van der Waals surface area contributed by atoms with Crippen LogP contribution in [0, 0.1) is 5.92 Å². The Hall–Kier alpha value is -4.03. The maximum absolute atomic E-state index is 13.7. The number of hydrogen-bond donors (Lipinski definition) is 0. The molecular weight excluding hydrogens is 629 g/mol. The second-order valence-electron chi connectivity index (χ2n) is 12.4. The van der Waals surface area contributed by atoms with Crippen molar-refractivity contribution in [2.75, 3.05) is 39.3 Å². The van der Waals surface area contributed by atoms with E-state index in [1.54, 1.807) is 27.2 Å². The van der Waals surface area contributed by atoms with E-state index in [0.29, 0.717) is 35.2 Å². The summed E-state index contributed by atoms with van der Waals surface area (Å²) in [6, 6.07) is 27.2. The second-order valence-corrected chi connectivity index (χ2v) is 15.4. The Bertz CT molecular complexity index is 1920. The van der Waals surface area contributed by atoms with Crippen molar-refractivity contribution in [3.63, 3.8) is 0 Å². The summed E-state index contributed by atoms with van der Waals surface area (Å²) in [5.41, 5.74) is 4.14. The molecule has 3 aromatic carbocycles. The first-order valence-electron chi connectivity index (χ1n) is 16.1. The van der Waals surface area contributed by atoms with Gasteiger partial charge >= 0.3 is 0 Å². The Kier molecular flexibility index (Phi) is 9.13. The van der Waals surface area contributed by atoms with Crippen LogP contribution in [0.3, 0.4) is 0 Å². The zero-order valence-corrected chi connectivity index (χ0v) is 28.0. The molecule has 242 valence electrons. The van der Waals surface area contributed by atoms with Gasteiger partial charge in [-0.3, -0.25) is 9.69 Å². The summed E-state index contributed by atoms with van der Waals surface area (Å²) in [4.78, 5) is 23.0. The number of piperazine rings is 1. The van der Waals surface area contributed by atoms with E-state index in [0.717, 1.165) is 62.0 Å². The van der Waals surface area contributed by atoms with Crippen LogP contribution >= 0.6 is 11.8 Å². The SMILES string of the molecule is CC1CCCN(S(=O)(=O)c2cccc(-c3nn(-c4ccccc4)cc3/C=C3\SC(N4CCN(Cc5ccccc5)CC4)=NC3=O)c2)C1. The van der Waals surface area contributed by atoms with Gasteiger partial charge < -0.3 is 4.90 Å². The van der Waals surface area contributed by atoms with Gasteiger partial charge in [-0.15, -0.1) is 0 Å². The van der Waals surface area contributed by atoms with Crippen LogP contribution in [0.2, 0.25) is 0 Å². The van der Waals surface area contributed by atoms with Crippen LogP contribution in [0.25, 0.3) is 23.0 Å². The fourth-order valence-corrected chi connectivity index (χ4v) is 8.96. The third kappa shape index (κ3) is 6.99. The monoisotopic (exact) mass is 666 g/mol. The number of rotatable bonds is 7. The number of hydrogen-bond acceptors (Lipinski definition) is 7. The van der Waals surface area contributed by atoms with Gasteiger partial charge in [-0.2, -0.15) is 14.4 Å². The smallest absolute Gasteiger partial charge is 0.286 e. The highest BCUT2D eigenvalue weighted by Crippen LogP contribution is 2.35. The number of aliphatic imine (C=N–C) groups is 1. The van der Waals surface area contributed by atoms with Crippen molar-refractivity contribution in [2.45, 2.75) is 31.2 Å². The number of sulfonamides is 1. The molecule has 1 unspecified atom stereocenters. The van der Waals surface area contributed by atoms with Crippen LogP contribution in [-0.2, 0) is 21.4 Å². The van der Waals surface area contributed by atoms with Gasteiger partial charge in [0.25, 0.3) is 5.91 Å². The number of carbonyl (C=O) groups excluding carboxylic acids is 1. The number of carbonyl (C=O) groups is 1. The van der Waals surface area contributed by atoms with Gasteiger partial charge in [0, 0.05) is 63.1 Å². The van der Waals surface area contributed by atoms with Crippen LogP contribution in [0.5, 0.6) is 0 Å². The summed E-state index contributed by atoms with van der Waals surface area (Å²) in [5, 5.41) is 5.63. The summed E-state index contributed by atoms with van der Waals surface area (Å²) in [7, 11) is -3.66. The van der Waals surface area contributed by atoms with Crippen molar-refractivity contribution in [2.24, 2.45) is 10.9 Å². The minimum Gasteiger partial charge on any atom is -0.348 e. The molecule has 4 aromatic rings. The van der Waals surface area contributed by atoms with E-state index >= 15 is 0 Å². The summed E-state index contributed by atoms with van der Waals surface area (Å²) in [6.45, 7) is 7.44. The predicted molar refractivity (Wildman–Crippen MR) is 187 cm³/mol. The molecule has 0 saturated carbocycles. The van der Waals surface area contributed by atoms with Crippen molar-refractivity contribution >= 4 is 38.9 Å². The average Bonchev–Trinajstić information content (AvgIpc) is 3.69. The first kappa shape index (κ1) is 31.6. The van der Waals surface area contributed by atoms with E-state index in [9.17, 15) is 13.2 Å². The second kappa shape index (κ2) is 13.6. The number of thioether (sulfide) groups is 1. The molecule has 1 aromatic heterocycles. The molecule has 7 rings (SSSR count). The molecule has 1 atom stereocenters. The topological polar surface area (TPSA) is 91.1 Å². The van der Waals surface area contributed by atoms with E-state index in [1.165, 1.54) is 17.3 Å². The lowest BCUT2D eigenvalue weighted by molar-refractivity contribution is -0.113. The summed E-state index contributed by atoms with van der Waals surface area (Å²) >= 11 is 1.39. The summed E-state index contributed by atoms with van der Waals surface area (Å²) < 4.78 is 30.7. The first-order valence-corrected chi connectivity index (χ1v) is 18.4. The predicted octanol–water partition coefficient (Wildman–Crippen LogP) is 5.75. The van der Waals surface area contributed by atoms with E-state index in [4.69, 9.17) is 5.10 Å². The Morgan fingerprint density at radius 2 is 1.66 bits per heavy atom. The molecule has 3 aliphatic heterocycles. The molecular formula is C36H38N6O3S2. The van der Waals surface area contributed by atoms with E-state index < -0.39 is 10.0 Å². The number of piperidine rings is 1. The molecule has 0 N–H and O–H groups in total. The van der Waals surface area contributed by atoms with E-state index in [1.807, 2.05) is 54.7 Å². The van der Waals surface area contributed by atoms with Gasteiger partial charge in [-0.05, 0) is 66.4 Å². The van der Waals surface area contributed by atoms with Crippen LogP contribution in [0.4, 0.5) is 0 Å². The fourth-order valence-electron chi connectivity index (χ4n) is 6.36. The normalized spacial score (nSPS) is 20.6. The van der Waals surface area contributed by atoms with E-state index in [2.05, 4.69) is 46.0 Å². The van der Waals surface area contributed by atoms with Crippen LogP contribution < -0.4 is 0 Å².